The minimum absolute atomic E-state index is 0.884. The van der Waals surface area contributed by atoms with Crippen molar-refractivity contribution in [3.63, 3.8) is 0 Å². The summed E-state index contributed by atoms with van der Waals surface area (Å²) in [6.45, 7) is 2.27. The fourth-order valence-electron chi connectivity index (χ4n) is 2.42. The Morgan fingerprint density at radius 2 is 1.24 bits per heavy atom. The molecule has 2 nitrogen and oxygen atoms in total. The van der Waals surface area contributed by atoms with E-state index in [0.29, 0.717) is 0 Å². The van der Waals surface area contributed by atoms with Crippen LogP contribution in [0.3, 0.4) is 0 Å². The highest BCUT2D eigenvalue weighted by Crippen LogP contribution is 2.12. The van der Waals surface area contributed by atoms with Crippen LogP contribution in [0.1, 0.15) is 90.4 Å². The van der Waals surface area contributed by atoms with Gasteiger partial charge in [-0.15, -0.1) is 0 Å². The summed E-state index contributed by atoms with van der Waals surface area (Å²) in [7, 11) is 0. The van der Waals surface area contributed by atoms with Gasteiger partial charge in [0.15, 0.2) is 0 Å². The fourth-order valence-corrected chi connectivity index (χ4v) is 2.42. The predicted octanol–water partition coefficient (Wildman–Crippen LogP) is 6.27. The molecule has 0 bridgehead atoms. The SMILES string of the molecule is CCCCCCCCCCCCCC/C=C/C=CC(=O)O. The molecule has 0 aromatic carbocycles. The van der Waals surface area contributed by atoms with Crippen molar-refractivity contribution in [2.24, 2.45) is 0 Å². The normalized spacial score (nSPS) is 11.7. The van der Waals surface area contributed by atoms with Crippen molar-refractivity contribution < 1.29 is 9.90 Å². The molecule has 0 radical (unpaired) electrons. The Bertz CT molecular complexity index is 279. The quantitative estimate of drug-likeness (QED) is 0.219. The van der Waals surface area contributed by atoms with Gasteiger partial charge in [0.2, 0.25) is 0 Å². The van der Waals surface area contributed by atoms with Gasteiger partial charge in [0.05, 0.1) is 0 Å². The number of hydrogen-bond acceptors (Lipinski definition) is 1. The maximum absolute atomic E-state index is 10.2. The van der Waals surface area contributed by atoms with Gasteiger partial charge in [0, 0.05) is 6.08 Å². The molecule has 1 N–H and O–H groups in total. The van der Waals surface area contributed by atoms with Crippen molar-refractivity contribution in [3.8, 4) is 0 Å². The lowest BCUT2D eigenvalue weighted by Gasteiger charge is -2.02. The Morgan fingerprint density at radius 3 is 1.71 bits per heavy atom. The van der Waals surface area contributed by atoms with Gasteiger partial charge >= 0.3 is 5.97 Å². The largest absolute Gasteiger partial charge is 0.478 e. The summed E-state index contributed by atoms with van der Waals surface area (Å²) in [6.07, 6.45) is 24.2. The van der Waals surface area contributed by atoms with Crippen LogP contribution in [0.4, 0.5) is 0 Å². The van der Waals surface area contributed by atoms with Gasteiger partial charge in [-0.05, 0) is 12.8 Å². The number of carboxylic acid groups (broad SMARTS) is 1. The highest BCUT2D eigenvalue weighted by atomic mass is 16.4. The molecule has 2 heteroatoms. The van der Waals surface area contributed by atoms with Crippen molar-refractivity contribution >= 4 is 5.97 Å². The van der Waals surface area contributed by atoms with E-state index in [9.17, 15) is 4.79 Å². The van der Waals surface area contributed by atoms with Gasteiger partial charge in [0.25, 0.3) is 0 Å². The highest BCUT2D eigenvalue weighted by Gasteiger charge is 1.92. The summed E-state index contributed by atoms with van der Waals surface area (Å²) >= 11 is 0. The molecule has 0 aliphatic carbocycles. The molecule has 0 aromatic rings. The van der Waals surface area contributed by atoms with Gasteiger partial charge in [-0.2, -0.15) is 0 Å². The van der Waals surface area contributed by atoms with Crippen molar-refractivity contribution in [1.29, 1.82) is 0 Å². The molecule has 0 saturated heterocycles. The number of allylic oxidation sites excluding steroid dienone is 3. The number of carboxylic acids is 1. The summed E-state index contributed by atoms with van der Waals surface area (Å²) in [5, 5.41) is 8.41. The summed E-state index contributed by atoms with van der Waals surface area (Å²) in [5.41, 5.74) is 0. The minimum Gasteiger partial charge on any atom is -0.478 e. The second-order valence-corrected chi connectivity index (χ2v) is 5.80. The molecule has 0 spiro atoms. The third-order valence-electron chi connectivity index (χ3n) is 3.71. The van der Waals surface area contributed by atoms with Crippen molar-refractivity contribution in [2.45, 2.75) is 90.4 Å². The molecular weight excluding hydrogens is 260 g/mol. The molecule has 0 heterocycles. The van der Waals surface area contributed by atoms with E-state index in [2.05, 4.69) is 13.0 Å². The van der Waals surface area contributed by atoms with Gasteiger partial charge in [-0.1, -0.05) is 95.8 Å². The monoisotopic (exact) mass is 294 g/mol. The zero-order chi connectivity index (χ0) is 15.6. The first kappa shape index (κ1) is 19.9. The molecular formula is C19H34O2. The maximum atomic E-state index is 10.2. The van der Waals surface area contributed by atoms with Gasteiger partial charge < -0.3 is 5.11 Å². The molecule has 0 aromatic heterocycles. The highest BCUT2D eigenvalue weighted by molar-refractivity contribution is 5.80. The van der Waals surface area contributed by atoms with E-state index >= 15 is 0 Å². The van der Waals surface area contributed by atoms with Crippen LogP contribution >= 0.6 is 0 Å². The third-order valence-corrected chi connectivity index (χ3v) is 3.71. The lowest BCUT2D eigenvalue weighted by molar-refractivity contribution is -0.131. The zero-order valence-corrected chi connectivity index (χ0v) is 13.9. The van der Waals surface area contributed by atoms with Crippen molar-refractivity contribution in [2.75, 3.05) is 0 Å². The average Bonchev–Trinajstić information content (AvgIpc) is 2.46. The molecule has 0 fully saturated rings. The number of hydrogen-bond donors (Lipinski definition) is 1. The molecule has 0 aliphatic heterocycles. The van der Waals surface area contributed by atoms with E-state index in [0.717, 1.165) is 6.42 Å². The van der Waals surface area contributed by atoms with Crippen molar-refractivity contribution in [3.05, 3.63) is 24.3 Å². The fraction of sp³-hybridized carbons (Fsp3) is 0.737. The lowest BCUT2D eigenvalue weighted by Crippen LogP contribution is -1.84. The number of rotatable bonds is 15. The van der Waals surface area contributed by atoms with E-state index in [1.807, 2.05) is 6.08 Å². The van der Waals surface area contributed by atoms with E-state index in [4.69, 9.17) is 5.11 Å². The second-order valence-electron chi connectivity index (χ2n) is 5.80. The van der Waals surface area contributed by atoms with Crippen LogP contribution in [0.5, 0.6) is 0 Å². The lowest BCUT2D eigenvalue weighted by atomic mass is 10.0. The van der Waals surface area contributed by atoms with E-state index < -0.39 is 5.97 Å². The van der Waals surface area contributed by atoms with Crippen molar-refractivity contribution in [1.82, 2.24) is 0 Å². The van der Waals surface area contributed by atoms with E-state index in [1.54, 1.807) is 6.08 Å². The third kappa shape index (κ3) is 18.9. The molecule has 0 saturated carbocycles. The summed E-state index contributed by atoms with van der Waals surface area (Å²) in [6, 6.07) is 0. The van der Waals surface area contributed by atoms with Crippen LogP contribution in [0.15, 0.2) is 24.3 Å². The Balaban J connectivity index is 3.10. The molecule has 0 aliphatic rings. The standard InChI is InChI=1S/C19H34O2/c1-2-3-4-5-6-7-8-9-10-11-12-13-14-15-16-17-18-19(20)21/h15-18H,2-14H2,1H3,(H,20,21)/b16-15+,18-17?. The Kier molecular flexibility index (Phi) is 16.2. The van der Waals surface area contributed by atoms with Gasteiger partial charge in [-0.3, -0.25) is 0 Å². The van der Waals surface area contributed by atoms with E-state index in [1.165, 1.54) is 83.1 Å². The first-order valence-corrected chi connectivity index (χ1v) is 8.83. The number of unbranched alkanes of at least 4 members (excludes halogenated alkanes) is 12. The molecule has 122 valence electrons. The molecule has 21 heavy (non-hydrogen) atoms. The topological polar surface area (TPSA) is 37.3 Å². The molecule has 0 atom stereocenters. The van der Waals surface area contributed by atoms with E-state index in [-0.39, 0.29) is 0 Å². The predicted molar refractivity (Wildman–Crippen MR) is 91.6 cm³/mol. The van der Waals surface area contributed by atoms with Crippen LogP contribution in [-0.4, -0.2) is 11.1 Å². The first-order chi connectivity index (χ1) is 10.3. The van der Waals surface area contributed by atoms with Crippen LogP contribution < -0.4 is 0 Å². The van der Waals surface area contributed by atoms with Crippen LogP contribution in [0.2, 0.25) is 0 Å². The summed E-state index contributed by atoms with van der Waals surface area (Å²) in [5.74, 6) is -0.884. The Hall–Kier alpha value is -1.05. The molecule has 0 unspecified atom stereocenters. The number of carbonyl (C=O) groups is 1. The van der Waals surface area contributed by atoms with Crippen LogP contribution in [0, 0.1) is 0 Å². The molecule has 0 rings (SSSR count). The first-order valence-electron chi connectivity index (χ1n) is 8.83. The van der Waals surface area contributed by atoms with Crippen LogP contribution in [-0.2, 0) is 4.79 Å². The second kappa shape index (κ2) is 17.0. The van der Waals surface area contributed by atoms with Crippen LogP contribution in [0.25, 0.3) is 0 Å². The van der Waals surface area contributed by atoms with Gasteiger partial charge in [-0.25, -0.2) is 4.79 Å². The summed E-state index contributed by atoms with van der Waals surface area (Å²) < 4.78 is 0. The summed E-state index contributed by atoms with van der Waals surface area (Å²) in [4.78, 5) is 10.2. The van der Waals surface area contributed by atoms with Gasteiger partial charge in [0.1, 0.15) is 0 Å². The number of aliphatic carboxylic acids is 1. The average molecular weight is 294 g/mol. The maximum Gasteiger partial charge on any atom is 0.328 e. The zero-order valence-electron chi connectivity index (χ0n) is 13.9. The Labute approximate surface area is 131 Å². The minimum atomic E-state index is -0.884. The smallest absolute Gasteiger partial charge is 0.328 e. The molecule has 0 amide bonds. The Morgan fingerprint density at radius 1 is 0.762 bits per heavy atom.